The number of rotatable bonds is 4. The van der Waals surface area contributed by atoms with Crippen LogP contribution in [0.3, 0.4) is 0 Å². The van der Waals surface area contributed by atoms with E-state index in [1.165, 1.54) is 0 Å². The van der Waals surface area contributed by atoms with Gasteiger partial charge >= 0.3 is 0 Å². The molecular formula is C9H13BrN2O2. The maximum atomic E-state index is 5.24. The van der Waals surface area contributed by atoms with Gasteiger partial charge < -0.3 is 9.47 Å². The lowest BCUT2D eigenvalue weighted by atomic mass is 10.2. The normalized spacial score (nSPS) is 10.0. The van der Waals surface area contributed by atoms with Gasteiger partial charge in [-0.25, -0.2) is 0 Å². The highest BCUT2D eigenvalue weighted by Crippen LogP contribution is 2.36. The van der Waals surface area contributed by atoms with Crippen LogP contribution < -0.4 is 20.7 Å². The third-order valence-corrected chi connectivity index (χ3v) is 2.39. The minimum atomic E-state index is 0.582. The largest absolute Gasteiger partial charge is 0.493 e. The second-order valence-corrected chi connectivity index (χ2v) is 3.55. The summed E-state index contributed by atoms with van der Waals surface area (Å²) in [5.41, 5.74) is 3.61. The molecule has 0 heterocycles. The zero-order valence-corrected chi connectivity index (χ0v) is 9.72. The molecule has 0 amide bonds. The van der Waals surface area contributed by atoms with Crippen molar-refractivity contribution < 1.29 is 9.47 Å². The van der Waals surface area contributed by atoms with Gasteiger partial charge in [-0.1, -0.05) is 0 Å². The molecule has 1 aromatic rings. The quantitative estimate of drug-likeness (QED) is 0.636. The number of nitrogens with one attached hydrogen (secondary N) is 1. The van der Waals surface area contributed by atoms with E-state index in [1.54, 1.807) is 14.2 Å². The molecular weight excluding hydrogens is 248 g/mol. The fourth-order valence-electron chi connectivity index (χ4n) is 1.19. The van der Waals surface area contributed by atoms with Crippen LogP contribution in [-0.2, 0) is 6.54 Å². The van der Waals surface area contributed by atoms with E-state index in [0.29, 0.717) is 18.0 Å². The first-order valence-corrected chi connectivity index (χ1v) is 4.86. The molecule has 0 atom stereocenters. The number of hydrazine groups is 1. The Labute approximate surface area is 91.5 Å². The molecule has 0 bridgehead atoms. The summed E-state index contributed by atoms with van der Waals surface area (Å²) in [6.45, 7) is 0.582. The third-order valence-electron chi connectivity index (χ3n) is 1.80. The summed E-state index contributed by atoms with van der Waals surface area (Å²) >= 11 is 3.40. The molecule has 1 rings (SSSR count). The van der Waals surface area contributed by atoms with Crippen molar-refractivity contribution in [2.75, 3.05) is 14.2 Å². The molecule has 0 unspecified atom stereocenters. The van der Waals surface area contributed by atoms with Crippen LogP contribution in [0.1, 0.15) is 5.56 Å². The van der Waals surface area contributed by atoms with E-state index in [1.807, 2.05) is 12.1 Å². The van der Waals surface area contributed by atoms with Gasteiger partial charge in [0.25, 0.3) is 0 Å². The van der Waals surface area contributed by atoms with E-state index in [2.05, 4.69) is 21.4 Å². The molecule has 5 heteroatoms. The second-order valence-electron chi connectivity index (χ2n) is 2.69. The Morgan fingerprint density at radius 2 is 2.07 bits per heavy atom. The topological polar surface area (TPSA) is 56.5 Å². The molecule has 0 spiro atoms. The summed E-state index contributed by atoms with van der Waals surface area (Å²) in [6.07, 6.45) is 0. The molecule has 3 N–H and O–H groups in total. The summed E-state index contributed by atoms with van der Waals surface area (Å²) in [4.78, 5) is 0. The molecule has 0 fully saturated rings. The fraction of sp³-hybridized carbons (Fsp3) is 0.333. The number of nitrogens with two attached hydrogens (primary N) is 1. The van der Waals surface area contributed by atoms with Gasteiger partial charge in [0.05, 0.1) is 18.7 Å². The van der Waals surface area contributed by atoms with Crippen LogP contribution in [0.25, 0.3) is 0 Å². The molecule has 0 saturated heterocycles. The Hall–Kier alpha value is -0.780. The molecule has 4 nitrogen and oxygen atoms in total. The van der Waals surface area contributed by atoms with E-state index in [0.717, 1.165) is 10.0 Å². The summed E-state index contributed by atoms with van der Waals surface area (Å²) in [5, 5.41) is 0. The van der Waals surface area contributed by atoms with E-state index >= 15 is 0 Å². The van der Waals surface area contributed by atoms with E-state index in [-0.39, 0.29) is 0 Å². The minimum Gasteiger partial charge on any atom is -0.493 e. The van der Waals surface area contributed by atoms with E-state index in [9.17, 15) is 0 Å². The van der Waals surface area contributed by atoms with Crippen LogP contribution in [0, 0.1) is 0 Å². The van der Waals surface area contributed by atoms with Gasteiger partial charge in [-0.05, 0) is 33.6 Å². The third kappa shape index (κ3) is 2.37. The first-order chi connectivity index (χ1) is 6.72. The van der Waals surface area contributed by atoms with Crippen LogP contribution in [0.4, 0.5) is 0 Å². The Kier molecular flexibility index (Phi) is 4.19. The molecule has 0 saturated carbocycles. The Balaban J connectivity index is 3.10. The maximum Gasteiger partial charge on any atom is 0.174 e. The lowest BCUT2D eigenvalue weighted by Gasteiger charge is -2.11. The number of hydrogen-bond donors (Lipinski definition) is 2. The van der Waals surface area contributed by atoms with Crippen molar-refractivity contribution in [2.45, 2.75) is 6.54 Å². The molecule has 0 aromatic heterocycles. The van der Waals surface area contributed by atoms with Gasteiger partial charge in [0, 0.05) is 6.54 Å². The zero-order valence-electron chi connectivity index (χ0n) is 8.13. The van der Waals surface area contributed by atoms with Crippen LogP contribution >= 0.6 is 15.9 Å². The Morgan fingerprint density at radius 3 is 2.57 bits per heavy atom. The predicted molar refractivity (Wildman–Crippen MR) is 58.3 cm³/mol. The number of halogens is 1. The first kappa shape index (κ1) is 11.3. The highest BCUT2D eigenvalue weighted by molar-refractivity contribution is 9.10. The van der Waals surface area contributed by atoms with Crippen molar-refractivity contribution in [3.8, 4) is 11.5 Å². The zero-order chi connectivity index (χ0) is 10.6. The molecule has 78 valence electrons. The van der Waals surface area contributed by atoms with Gasteiger partial charge in [0.15, 0.2) is 11.5 Å². The van der Waals surface area contributed by atoms with Crippen molar-refractivity contribution in [3.63, 3.8) is 0 Å². The first-order valence-electron chi connectivity index (χ1n) is 4.06. The second kappa shape index (κ2) is 5.19. The standard InChI is InChI=1S/C9H13BrN2O2/c1-13-8-4-6(5-12-11)3-7(10)9(8)14-2/h3-4,12H,5,11H2,1-2H3. The monoisotopic (exact) mass is 260 g/mol. The van der Waals surface area contributed by atoms with Crippen molar-refractivity contribution >= 4 is 15.9 Å². The van der Waals surface area contributed by atoms with Crippen molar-refractivity contribution in [3.05, 3.63) is 22.2 Å². The highest BCUT2D eigenvalue weighted by Gasteiger charge is 2.09. The van der Waals surface area contributed by atoms with Crippen LogP contribution in [0.15, 0.2) is 16.6 Å². The number of methoxy groups -OCH3 is 2. The average Bonchev–Trinajstić information content (AvgIpc) is 2.17. The van der Waals surface area contributed by atoms with Gasteiger partial charge in [0.2, 0.25) is 0 Å². The smallest absolute Gasteiger partial charge is 0.174 e. The van der Waals surface area contributed by atoms with E-state index < -0.39 is 0 Å². The van der Waals surface area contributed by atoms with E-state index in [4.69, 9.17) is 15.3 Å². The number of benzene rings is 1. The van der Waals surface area contributed by atoms with Crippen molar-refractivity contribution in [2.24, 2.45) is 5.84 Å². The van der Waals surface area contributed by atoms with Crippen molar-refractivity contribution in [1.82, 2.24) is 5.43 Å². The summed E-state index contributed by atoms with van der Waals surface area (Å²) in [6, 6.07) is 3.81. The van der Waals surface area contributed by atoms with Crippen LogP contribution in [-0.4, -0.2) is 14.2 Å². The highest BCUT2D eigenvalue weighted by atomic mass is 79.9. The van der Waals surface area contributed by atoms with Gasteiger partial charge in [-0.2, -0.15) is 0 Å². The SMILES string of the molecule is COc1cc(CNN)cc(Br)c1OC. The maximum absolute atomic E-state index is 5.24. The average molecular weight is 261 g/mol. The predicted octanol–water partition coefficient (Wildman–Crippen LogP) is 1.43. The van der Waals surface area contributed by atoms with Crippen LogP contribution in [0.2, 0.25) is 0 Å². The summed E-state index contributed by atoms with van der Waals surface area (Å²) in [7, 11) is 3.20. The van der Waals surface area contributed by atoms with Crippen LogP contribution in [0.5, 0.6) is 11.5 Å². The fourth-order valence-corrected chi connectivity index (χ4v) is 1.84. The molecule has 0 radical (unpaired) electrons. The lowest BCUT2D eigenvalue weighted by Crippen LogP contribution is -2.20. The summed E-state index contributed by atoms with van der Waals surface area (Å²) < 4.78 is 11.2. The Bertz CT molecular complexity index is 318. The van der Waals surface area contributed by atoms with Gasteiger partial charge in [0.1, 0.15) is 0 Å². The number of ether oxygens (including phenoxy) is 2. The minimum absolute atomic E-state index is 0.582. The van der Waals surface area contributed by atoms with Gasteiger partial charge in [-0.15, -0.1) is 0 Å². The molecule has 1 aromatic carbocycles. The Morgan fingerprint density at radius 1 is 1.36 bits per heavy atom. The summed E-state index contributed by atoms with van der Waals surface area (Å²) in [5.74, 6) is 6.61. The molecule has 0 aliphatic heterocycles. The molecule has 0 aliphatic rings. The van der Waals surface area contributed by atoms with Gasteiger partial charge in [-0.3, -0.25) is 11.3 Å². The molecule has 14 heavy (non-hydrogen) atoms. The number of hydrogen-bond acceptors (Lipinski definition) is 4. The lowest BCUT2D eigenvalue weighted by molar-refractivity contribution is 0.352. The van der Waals surface area contributed by atoms with Crippen molar-refractivity contribution in [1.29, 1.82) is 0 Å². The molecule has 0 aliphatic carbocycles.